The summed E-state index contributed by atoms with van der Waals surface area (Å²) < 4.78 is 44.7. The second-order valence-corrected chi connectivity index (χ2v) is 7.49. The number of hydrogen-bond acceptors (Lipinski definition) is 5. The Bertz CT molecular complexity index is 1080. The lowest BCUT2D eigenvalue weighted by Gasteiger charge is -2.43. The predicted octanol–water partition coefficient (Wildman–Crippen LogP) is 3.36. The maximum Gasteiger partial charge on any atom is 0.280 e. The second-order valence-electron chi connectivity index (χ2n) is 7.49. The molecular formula is C22H20F3N3O3. The lowest BCUT2D eigenvalue weighted by atomic mass is 9.81. The average Bonchev–Trinajstić information content (AvgIpc) is 2.77. The van der Waals surface area contributed by atoms with Gasteiger partial charge in [-0.1, -0.05) is 30.3 Å². The van der Waals surface area contributed by atoms with Gasteiger partial charge < -0.3 is 15.2 Å². The van der Waals surface area contributed by atoms with Crippen molar-refractivity contribution >= 4 is 16.8 Å². The number of nitrogens with zero attached hydrogens (tertiary/aromatic N) is 2. The van der Waals surface area contributed by atoms with Crippen LogP contribution in [0.1, 0.15) is 34.6 Å². The van der Waals surface area contributed by atoms with Crippen LogP contribution in [-0.2, 0) is 11.2 Å². The first-order valence-electron chi connectivity index (χ1n) is 9.73. The Morgan fingerprint density at radius 1 is 1.23 bits per heavy atom. The Hall–Kier alpha value is -3.04. The summed E-state index contributed by atoms with van der Waals surface area (Å²) in [4.78, 5) is 21.0. The van der Waals surface area contributed by atoms with Gasteiger partial charge in [-0.05, 0) is 36.6 Å². The first-order chi connectivity index (χ1) is 14.9. The monoisotopic (exact) mass is 431 g/mol. The highest BCUT2D eigenvalue weighted by molar-refractivity contribution is 5.95. The molecule has 6 nitrogen and oxygen atoms in total. The Labute approximate surface area is 176 Å². The van der Waals surface area contributed by atoms with E-state index in [-0.39, 0.29) is 25.1 Å². The quantitative estimate of drug-likeness (QED) is 0.647. The summed E-state index contributed by atoms with van der Waals surface area (Å²) in [6.45, 7) is -0.0355. The Morgan fingerprint density at radius 2 is 2.03 bits per heavy atom. The maximum atomic E-state index is 14.3. The normalized spacial score (nSPS) is 23.8. The lowest BCUT2D eigenvalue weighted by molar-refractivity contribution is -0.177. The lowest BCUT2D eigenvalue weighted by Crippen LogP contribution is -2.64. The molecule has 4 rings (SSSR count). The zero-order chi connectivity index (χ0) is 22.0. The van der Waals surface area contributed by atoms with Crippen LogP contribution in [-0.4, -0.2) is 45.6 Å². The van der Waals surface area contributed by atoms with Gasteiger partial charge in [-0.15, -0.1) is 0 Å². The molecule has 0 saturated carbocycles. The fourth-order valence-electron chi connectivity index (χ4n) is 3.73. The van der Waals surface area contributed by atoms with Gasteiger partial charge in [0.25, 0.3) is 12.3 Å². The van der Waals surface area contributed by atoms with E-state index in [0.717, 1.165) is 5.39 Å². The number of carbonyl (C=O) groups excluding carboxylic acids is 1. The van der Waals surface area contributed by atoms with E-state index in [0.29, 0.717) is 11.1 Å². The number of hydrogen-bond donors (Lipinski definition) is 2. The standard InChI is InChI=1S/C22H20F3N3O3/c23-19(24)16-7-5-13(12-26-16)11-22(9-10-31-20(25)18(22)29)28-21(30)17-8-6-14-3-1-2-4-15(14)27-17/h1-8,12,18-20,29H,9-11H2,(H,28,30)/t18-,20?,22+/m0/s1. The molecule has 0 spiro atoms. The summed E-state index contributed by atoms with van der Waals surface area (Å²) in [5.41, 5.74) is -0.622. The van der Waals surface area contributed by atoms with Gasteiger partial charge in [0.2, 0.25) is 6.36 Å². The third kappa shape index (κ3) is 4.38. The van der Waals surface area contributed by atoms with Crippen LogP contribution in [0.4, 0.5) is 13.2 Å². The fraction of sp³-hybridized carbons (Fsp3) is 0.318. The Morgan fingerprint density at radius 3 is 2.77 bits per heavy atom. The molecule has 3 aromatic rings. The zero-order valence-corrected chi connectivity index (χ0v) is 16.3. The van der Waals surface area contributed by atoms with Crippen molar-refractivity contribution in [3.05, 3.63) is 71.7 Å². The molecule has 0 bridgehead atoms. The molecule has 2 aromatic heterocycles. The number of nitrogens with one attached hydrogen (secondary N) is 1. The van der Waals surface area contributed by atoms with Gasteiger partial charge in [0.05, 0.1) is 17.7 Å². The first-order valence-corrected chi connectivity index (χ1v) is 9.73. The topological polar surface area (TPSA) is 84.3 Å². The van der Waals surface area contributed by atoms with Crippen LogP contribution >= 0.6 is 0 Å². The minimum Gasteiger partial charge on any atom is -0.385 e. The molecule has 3 atom stereocenters. The molecule has 0 aliphatic carbocycles. The second kappa shape index (κ2) is 8.60. The molecule has 1 unspecified atom stereocenters. The maximum absolute atomic E-state index is 14.3. The van der Waals surface area contributed by atoms with Crippen molar-refractivity contribution in [3.63, 3.8) is 0 Å². The number of aliphatic hydroxyl groups excluding tert-OH is 1. The van der Waals surface area contributed by atoms with Crippen molar-refractivity contribution in [1.29, 1.82) is 0 Å². The highest BCUT2D eigenvalue weighted by Gasteiger charge is 2.47. The van der Waals surface area contributed by atoms with E-state index in [4.69, 9.17) is 4.74 Å². The molecule has 1 amide bonds. The van der Waals surface area contributed by atoms with Crippen molar-refractivity contribution in [3.8, 4) is 0 Å². The van der Waals surface area contributed by atoms with Crippen LogP contribution in [0, 0.1) is 0 Å². The number of alkyl halides is 3. The summed E-state index contributed by atoms with van der Waals surface area (Å²) >= 11 is 0. The largest absolute Gasteiger partial charge is 0.385 e. The van der Waals surface area contributed by atoms with Crippen LogP contribution in [0.5, 0.6) is 0 Å². The van der Waals surface area contributed by atoms with E-state index in [1.807, 2.05) is 12.1 Å². The van der Waals surface area contributed by atoms with Crippen molar-refractivity contribution in [2.45, 2.75) is 37.3 Å². The van der Waals surface area contributed by atoms with E-state index in [9.17, 15) is 23.1 Å². The van der Waals surface area contributed by atoms with Gasteiger partial charge in [-0.25, -0.2) is 18.2 Å². The molecule has 1 saturated heterocycles. The molecule has 2 N–H and O–H groups in total. The van der Waals surface area contributed by atoms with Gasteiger partial charge in [0.1, 0.15) is 17.5 Å². The van der Waals surface area contributed by atoms with Crippen LogP contribution < -0.4 is 5.32 Å². The number of benzene rings is 1. The molecule has 1 aliphatic rings. The molecule has 162 valence electrons. The molecule has 1 fully saturated rings. The van der Waals surface area contributed by atoms with Crippen LogP contribution in [0.3, 0.4) is 0 Å². The number of carbonyl (C=O) groups is 1. The molecular weight excluding hydrogens is 411 g/mol. The SMILES string of the molecule is O=C(N[C@@]1(Cc2ccc(C(F)F)nc2)CCOC(F)[C@@H]1O)c1ccc2ccccc2n1. The van der Waals surface area contributed by atoms with Gasteiger partial charge in [0.15, 0.2) is 0 Å². The summed E-state index contributed by atoms with van der Waals surface area (Å²) in [6, 6.07) is 13.1. The van der Waals surface area contributed by atoms with E-state index in [2.05, 4.69) is 15.3 Å². The summed E-state index contributed by atoms with van der Waals surface area (Å²) in [5.74, 6) is -0.587. The number of aliphatic hydroxyl groups is 1. The summed E-state index contributed by atoms with van der Waals surface area (Å²) in [7, 11) is 0. The number of pyridine rings is 2. The number of amides is 1. The third-order valence-corrected chi connectivity index (χ3v) is 5.42. The fourth-order valence-corrected chi connectivity index (χ4v) is 3.73. The minimum absolute atomic E-state index is 0.0201. The van der Waals surface area contributed by atoms with Crippen LogP contribution in [0.25, 0.3) is 10.9 Å². The number of aromatic nitrogens is 2. The first kappa shape index (κ1) is 21.2. The number of fused-ring (bicyclic) bond motifs is 1. The Balaban J connectivity index is 1.63. The number of halogens is 3. The summed E-state index contributed by atoms with van der Waals surface area (Å²) in [6.07, 6.45) is -5.06. The zero-order valence-electron chi connectivity index (χ0n) is 16.3. The van der Waals surface area contributed by atoms with E-state index in [1.54, 1.807) is 24.3 Å². The van der Waals surface area contributed by atoms with Crippen molar-refractivity contribution < 1.29 is 27.8 Å². The number of ether oxygens (including phenoxy) is 1. The Kier molecular flexibility index (Phi) is 5.88. The molecule has 0 radical (unpaired) electrons. The molecule has 9 heteroatoms. The van der Waals surface area contributed by atoms with E-state index < -0.39 is 36.0 Å². The van der Waals surface area contributed by atoms with Crippen LogP contribution in [0.15, 0.2) is 54.7 Å². The van der Waals surface area contributed by atoms with E-state index in [1.165, 1.54) is 18.3 Å². The van der Waals surface area contributed by atoms with Gasteiger partial charge in [0, 0.05) is 11.6 Å². The smallest absolute Gasteiger partial charge is 0.280 e. The minimum atomic E-state index is -2.72. The average molecular weight is 431 g/mol. The predicted molar refractivity (Wildman–Crippen MR) is 106 cm³/mol. The molecule has 1 aromatic carbocycles. The highest BCUT2D eigenvalue weighted by Crippen LogP contribution is 2.31. The van der Waals surface area contributed by atoms with Gasteiger partial charge in [-0.3, -0.25) is 9.78 Å². The molecule has 3 heterocycles. The van der Waals surface area contributed by atoms with Crippen LogP contribution in [0.2, 0.25) is 0 Å². The van der Waals surface area contributed by atoms with Crippen molar-refractivity contribution in [1.82, 2.24) is 15.3 Å². The molecule has 1 aliphatic heterocycles. The third-order valence-electron chi connectivity index (χ3n) is 5.42. The van der Waals surface area contributed by atoms with Crippen molar-refractivity contribution in [2.24, 2.45) is 0 Å². The summed E-state index contributed by atoms with van der Waals surface area (Å²) in [5, 5.41) is 14.2. The number of para-hydroxylation sites is 1. The van der Waals surface area contributed by atoms with E-state index >= 15 is 0 Å². The van der Waals surface area contributed by atoms with Gasteiger partial charge >= 0.3 is 0 Å². The number of rotatable bonds is 5. The van der Waals surface area contributed by atoms with Gasteiger partial charge in [-0.2, -0.15) is 0 Å². The van der Waals surface area contributed by atoms with Crippen molar-refractivity contribution in [2.75, 3.05) is 6.61 Å². The highest BCUT2D eigenvalue weighted by atomic mass is 19.3. The molecule has 31 heavy (non-hydrogen) atoms.